The highest BCUT2D eigenvalue weighted by atomic mass is 79.9. The number of nitrogens with zero attached hydrogens (tertiary/aromatic N) is 2. The van der Waals surface area contributed by atoms with E-state index in [9.17, 15) is 0 Å². The number of nitriles is 1. The van der Waals surface area contributed by atoms with Crippen LogP contribution in [0.5, 0.6) is 0 Å². The Morgan fingerprint density at radius 2 is 2.22 bits per heavy atom. The van der Waals surface area contributed by atoms with Gasteiger partial charge in [0.05, 0.1) is 5.56 Å². The number of hydrogen-bond donors (Lipinski definition) is 1. The molecule has 0 aliphatic carbocycles. The summed E-state index contributed by atoms with van der Waals surface area (Å²) < 4.78 is 2.79. The second-order valence-corrected chi connectivity index (χ2v) is 4.72. The topological polar surface area (TPSA) is 54.7 Å². The van der Waals surface area contributed by atoms with E-state index < -0.39 is 0 Å². The van der Waals surface area contributed by atoms with E-state index in [4.69, 9.17) is 11.0 Å². The van der Waals surface area contributed by atoms with Crippen molar-refractivity contribution in [3.63, 3.8) is 0 Å². The lowest BCUT2D eigenvalue weighted by Gasteiger charge is -2.06. The largest absolute Gasteiger partial charge is 0.384 e. The Hall–Kier alpha value is -1.99. The van der Waals surface area contributed by atoms with Gasteiger partial charge in [0.15, 0.2) is 0 Å². The Morgan fingerprint density at radius 3 is 2.83 bits per heavy atom. The molecule has 0 radical (unpaired) electrons. The van der Waals surface area contributed by atoms with Gasteiger partial charge in [-0.3, -0.25) is 0 Å². The number of hydrogen-bond acceptors (Lipinski definition) is 2. The van der Waals surface area contributed by atoms with Gasteiger partial charge < -0.3 is 10.3 Å². The fraction of sp³-hybridized carbons (Fsp3) is 0.0714. The average Bonchev–Trinajstić information content (AvgIpc) is 2.67. The number of anilines is 1. The van der Waals surface area contributed by atoms with Crippen molar-refractivity contribution in [1.82, 2.24) is 4.57 Å². The molecular formula is C14H12BrN3. The van der Waals surface area contributed by atoms with Crippen molar-refractivity contribution in [2.45, 2.75) is 6.92 Å². The molecule has 0 amide bonds. The summed E-state index contributed by atoms with van der Waals surface area (Å²) in [6, 6.07) is 9.94. The van der Waals surface area contributed by atoms with E-state index in [-0.39, 0.29) is 0 Å². The standard InChI is InChI=1S/C14H12BrN3/c1-2-4-13-10(8-16)9-18(14(13)17)12-6-3-5-11(15)7-12/h2-7,9H,17H2,1H3/b4-2-. The molecule has 1 aromatic carbocycles. The molecule has 0 unspecified atom stereocenters. The maximum atomic E-state index is 9.12. The van der Waals surface area contributed by atoms with Crippen LogP contribution in [0.3, 0.4) is 0 Å². The summed E-state index contributed by atoms with van der Waals surface area (Å²) >= 11 is 3.42. The zero-order valence-corrected chi connectivity index (χ0v) is 11.5. The molecule has 3 nitrogen and oxygen atoms in total. The minimum atomic E-state index is 0.572. The summed E-state index contributed by atoms with van der Waals surface area (Å²) in [6.07, 6.45) is 5.48. The van der Waals surface area contributed by atoms with E-state index in [1.807, 2.05) is 47.9 Å². The molecule has 0 aliphatic rings. The van der Waals surface area contributed by atoms with E-state index in [1.165, 1.54) is 0 Å². The number of allylic oxidation sites excluding steroid dienone is 1. The third-order valence-electron chi connectivity index (χ3n) is 2.62. The Bertz CT molecular complexity index is 648. The first kappa shape index (κ1) is 12.5. The molecule has 0 bridgehead atoms. The van der Waals surface area contributed by atoms with Crippen molar-refractivity contribution in [1.29, 1.82) is 5.26 Å². The van der Waals surface area contributed by atoms with Crippen LogP contribution in [0.25, 0.3) is 11.8 Å². The van der Waals surface area contributed by atoms with Gasteiger partial charge in [0.2, 0.25) is 0 Å². The SMILES string of the molecule is C/C=C\c1c(C#N)cn(-c2cccc(Br)c2)c1N. The summed E-state index contributed by atoms with van der Waals surface area (Å²) in [5.41, 5.74) is 8.36. The lowest BCUT2D eigenvalue weighted by Crippen LogP contribution is -1.99. The number of nitrogens with two attached hydrogens (primary N) is 1. The van der Waals surface area contributed by atoms with Crippen LogP contribution >= 0.6 is 15.9 Å². The normalized spacial score (nSPS) is 10.7. The second-order valence-electron chi connectivity index (χ2n) is 3.80. The quantitative estimate of drug-likeness (QED) is 0.919. The van der Waals surface area contributed by atoms with E-state index in [1.54, 1.807) is 6.20 Å². The lowest BCUT2D eigenvalue weighted by atomic mass is 10.2. The Morgan fingerprint density at radius 1 is 1.44 bits per heavy atom. The Kier molecular flexibility index (Phi) is 3.54. The predicted octanol–water partition coefficient (Wildman–Crippen LogP) is 3.73. The molecule has 2 N–H and O–H groups in total. The maximum absolute atomic E-state index is 9.12. The minimum Gasteiger partial charge on any atom is -0.384 e. The van der Waals surface area contributed by atoms with Crippen molar-refractivity contribution >= 4 is 27.8 Å². The molecule has 0 saturated carbocycles. The molecule has 90 valence electrons. The fourth-order valence-corrected chi connectivity index (χ4v) is 2.19. The van der Waals surface area contributed by atoms with Crippen LogP contribution in [0.15, 0.2) is 41.0 Å². The summed E-state index contributed by atoms with van der Waals surface area (Å²) in [6.45, 7) is 1.90. The maximum Gasteiger partial charge on any atom is 0.116 e. The molecule has 1 aromatic heterocycles. The molecule has 4 heteroatoms. The van der Waals surface area contributed by atoms with E-state index in [0.717, 1.165) is 15.7 Å². The monoisotopic (exact) mass is 301 g/mol. The smallest absolute Gasteiger partial charge is 0.116 e. The fourth-order valence-electron chi connectivity index (χ4n) is 1.81. The van der Waals surface area contributed by atoms with Gasteiger partial charge in [-0.15, -0.1) is 0 Å². The first-order chi connectivity index (χ1) is 8.67. The second kappa shape index (κ2) is 5.11. The zero-order chi connectivity index (χ0) is 13.1. The lowest BCUT2D eigenvalue weighted by molar-refractivity contribution is 1.09. The zero-order valence-electron chi connectivity index (χ0n) is 9.89. The highest BCUT2D eigenvalue weighted by Gasteiger charge is 2.12. The van der Waals surface area contributed by atoms with E-state index >= 15 is 0 Å². The molecule has 2 rings (SSSR count). The molecule has 0 spiro atoms. The summed E-state index contributed by atoms with van der Waals surface area (Å²) in [5, 5.41) is 9.12. The summed E-state index contributed by atoms with van der Waals surface area (Å²) in [7, 11) is 0. The van der Waals surface area contributed by atoms with Gasteiger partial charge in [0.25, 0.3) is 0 Å². The molecule has 1 heterocycles. The first-order valence-corrected chi connectivity index (χ1v) is 6.26. The van der Waals surface area contributed by atoms with E-state index in [0.29, 0.717) is 11.4 Å². The molecule has 0 fully saturated rings. The number of rotatable bonds is 2. The van der Waals surface area contributed by atoms with Crippen LogP contribution in [0.1, 0.15) is 18.1 Å². The molecule has 0 aliphatic heterocycles. The minimum absolute atomic E-state index is 0.572. The molecule has 0 atom stereocenters. The highest BCUT2D eigenvalue weighted by molar-refractivity contribution is 9.10. The number of nitrogen functional groups attached to an aromatic ring is 1. The molecular weight excluding hydrogens is 290 g/mol. The molecule has 18 heavy (non-hydrogen) atoms. The van der Waals surface area contributed by atoms with Crippen molar-refractivity contribution in [2.75, 3.05) is 5.73 Å². The summed E-state index contributed by atoms with van der Waals surface area (Å²) in [5.74, 6) is 0.572. The third kappa shape index (κ3) is 2.18. The van der Waals surface area contributed by atoms with Gasteiger partial charge in [0.1, 0.15) is 11.9 Å². The van der Waals surface area contributed by atoms with Crippen LogP contribution in [-0.4, -0.2) is 4.57 Å². The van der Waals surface area contributed by atoms with Crippen LogP contribution in [0, 0.1) is 11.3 Å². The van der Waals surface area contributed by atoms with Crippen molar-refractivity contribution in [2.24, 2.45) is 0 Å². The molecule has 0 saturated heterocycles. The van der Waals surface area contributed by atoms with Crippen LogP contribution in [0.4, 0.5) is 5.82 Å². The van der Waals surface area contributed by atoms with Gasteiger partial charge in [-0.1, -0.05) is 34.1 Å². The highest BCUT2D eigenvalue weighted by Crippen LogP contribution is 2.26. The van der Waals surface area contributed by atoms with Crippen molar-refractivity contribution < 1.29 is 0 Å². The van der Waals surface area contributed by atoms with Crippen molar-refractivity contribution in [3.8, 4) is 11.8 Å². The van der Waals surface area contributed by atoms with Gasteiger partial charge >= 0.3 is 0 Å². The third-order valence-corrected chi connectivity index (χ3v) is 3.12. The average molecular weight is 302 g/mol. The molecule has 2 aromatic rings. The van der Waals surface area contributed by atoms with Crippen molar-refractivity contribution in [3.05, 3.63) is 52.1 Å². The number of benzene rings is 1. The number of halogens is 1. The van der Waals surface area contributed by atoms with Gasteiger partial charge in [-0.2, -0.15) is 5.26 Å². The predicted molar refractivity (Wildman–Crippen MR) is 77.3 cm³/mol. The Balaban J connectivity index is 2.63. The number of aromatic nitrogens is 1. The Labute approximate surface area is 114 Å². The van der Waals surface area contributed by atoms with E-state index in [2.05, 4.69) is 22.0 Å². The van der Waals surface area contributed by atoms with Gasteiger partial charge in [0, 0.05) is 21.9 Å². The van der Waals surface area contributed by atoms with Crippen LogP contribution in [0.2, 0.25) is 0 Å². The van der Waals surface area contributed by atoms with Crippen LogP contribution < -0.4 is 5.73 Å². The summed E-state index contributed by atoms with van der Waals surface area (Å²) in [4.78, 5) is 0. The van der Waals surface area contributed by atoms with Crippen LogP contribution in [-0.2, 0) is 0 Å². The van der Waals surface area contributed by atoms with Gasteiger partial charge in [-0.05, 0) is 25.1 Å². The van der Waals surface area contributed by atoms with Gasteiger partial charge in [-0.25, -0.2) is 0 Å². The first-order valence-electron chi connectivity index (χ1n) is 5.47.